The van der Waals surface area contributed by atoms with Crippen molar-refractivity contribution in [1.82, 2.24) is 23.9 Å². The standard InChI is InChI=1S/C20H15F2N7O3S/c21-12-5-6-28(10-12)33(30,31)27-16-4-2-15(22)20(14(16)8-23)32-13-1-3-17-18(7-13)29-19(9-24-17)25-11-26-29/h1-4,7,9,11-12,27H,5-6,10H2/t12-/m0/s1. The van der Waals surface area contributed by atoms with Crippen molar-refractivity contribution in [3.63, 3.8) is 0 Å². The molecule has 1 fully saturated rings. The number of alkyl halides is 1. The molecule has 2 aromatic heterocycles. The van der Waals surface area contributed by atoms with Gasteiger partial charge in [0.1, 0.15) is 29.9 Å². The molecule has 0 bridgehead atoms. The Kier molecular flexibility index (Phi) is 5.03. The molecule has 10 nitrogen and oxygen atoms in total. The van der Waals surface area contributed by atoms with Crippen LogP contribution < -0.4 is 9.46 Å². The first kappa shape index (κ1) is 21.0. The number of anilines is 1. The van der Waals surface area contributed by atoms with E-state index in [0.717, 1.165) is 16.4 Å². The van der Waals surface area contributed by atoms with Crippen LogP contribution in [-0.4, -0.2) is 51.6 Å². The van der Waals surface area contributed by atoms with Crippen molar-refractivity contribution >= 4 is 32.6 Å². The fourth-order valence-electron chi connectivity index (χ4n) is 3.58. The van der Waals surface area contributed by atoms with Crippen molar-refractivity contribution in [2.45, 2.75) is 12.6 Å². The van der Waals surface area contributed by atoms with Crippen LogP contribution in [0.1, 0.15) is 12.0 Å². The Morgan fingerprint density at radius 3 is 2.85 bits per heavy atom. The second kappa shape index (κ2) is 7.91. The third-order valence-electron chi connectivity index (χ3n) is 5.18. The average molecular weight is 471 g/mol. The van der Waals surface area contributed by atoms with E-state index in [1.807, 2.05) is 0 Å². The average Bonchev–Trinajstić information content (AvgIpc) is 3.45. The summed E-state index contributed by atoms with van der Waals surface area (Å²) in [5.41, 5.74) is 1.08. The third kappa shape index (κ3) is 3.79. The van der Waals surface area contributed by atoms with Crippen LogP contribution in [0.4, 0.5) is 14.5 Å². The van der Waals surface area contributed by atoms with Crippen LogP contribution in [0.5, 0.6) is 11.5 Å². The number of ether oxygens (including phenoxy) is 1. The monoisotopic (exact) mass is 471 g/mol. The number of hydrogen-bond donors (Lipinski definition) is 1. The van der Waals surface area contributed by atoms with Gasteiger partial charge in [-0.1, -0.05) is 0 Å². The SMILES string of the molecule is N#Cc1c(NS(=O)(=O)N2CC[C@H](F)C2)ccc(F)c1Oc1ccc2ncc3ncnn3c2c1. The molecule has 1 aliphatic rings. The summed E-state index contributed by atoms with van der Waals surface area (Å²) in [5, 5.41) is 13.8. The van der Waals surface area contributed by atoms with Gasteiger partial charge in [0.2, 0.25) is 0 Å². The van der Waals surface area contributed by atoms with E-state index in [-0.39, 0.29) is 36.5 Å². The summed E-state index contributed by atoms with van der Waals surface area (Å²) in [6, 6.07) is 8.59. The lowest BCUT2D eigenvalue weighted by atomic mass is 10.1. The number of nitrogens with one attached hydrogen (secondary N) is 1. The maximum Gasteiger partial charge on any atom is 0.301 e. The fraction of sp³-hybridized carbons (Fsp3) is 0.200. The molecule has 33 heavy (non-hydrogen) atoms. The molecule has 4 aromatic rings. The smallest absolute Gasteiger partial charge is 0.301 e. The van der Waals surface area contributed by atoms with Crippen molar-refractivity contribution in [2.24, 2.45) is 0 Å². The van der Waals surface area contributed by atoms with Crippen LogP contribution in [0.25, 0.3) is 16.7 Å². The molecule has 5 rings (SSSR count). The highest BCUT2D eigenvalue weighted by Gasteiger charge is 2.32. The Bertz CT molecular complexity index is 1530. The van der Waals surface area contributed by atoms with E-state index in [1.54, 1.807) is 24.4 Å². The number of fused-ring (bicyclic) bond motifs is 3. The maximum absolute atomic E-state index is 14.7. The van der Waals surface area contributed by atoms with Crippen molar-refractivity contribution in [3.8, 4) is 17.6 Å². The van der Waals surface area contributed by atoms with Crippen LogP contribution >= 0.6 is 0 Å². The molecular weight excluding hydrogens is 456 g/mol. The number of nitriles is 1. The first-order valence-corrected chi connectivity index (χ1v) is 11.2. The Hall–Kier alpha value is -3.89. The zero-order chi connectivity index (χ0) is 23.2. The van der Waals surface area contributed by atoms with Crippen molar-refractivity contribution in [2.75, 3.05) is 17.8 Å². The predicted octanol–water partition coefficient (Wildman–Crippen LogP) is 2.78. The molecule has 1 saturated heterocycles. The zero-order valence-electron chi connectivity index (χ0n) is 16.8. The van der Waals surface area contributed by atoms with Gasteiger partial charge in [-0.15, -0.1) is 0 Å². The van der Waals surface area contributed by atoms with Gasteiger partial charge in [0.15, 0.2) is 17.2 Å². The fourth-order valence-corrected chi connectivity index (χ4v) is 4.86. The number of aromatic nitrogens is 4. The van der Waals surface area contributed by atoms with Gasteiger partial charge in [-0.2, -0.15) is 23.1 Å². The van der Waals surface area contributed by atoms with E-state index in [2.05, 4.69) is 19.8 Å². The normalized spacial score (nSPS) is 16.8. The summed E-state index contributed by atoms with van der Waals surface area (Å²) in [6.07, 6.45) is 1.73. The maximum atomic E-state index is 14.7. The Morgan fingerprint density at radius 1 is 1.24 bits per heavy atom. The zero-order valence-corrected chi connectivity index (χ0v) is 17.6. The molecule has 168 valence electrons. The lowest BCUT2D eigenvalue weighted by Crippen LogP contribution is -2.34. The van der Waals surface area contributed by atoms with E-state index in [0.29, 0.717) is 16.7 Å². The summed E-state index contributed by atoms with van der Waals surface area (Å²) in [6.45, 7) is -0.283. The Morgan fingerprint density at radius 2 is 2.09 bits per heavy atom. The number of halogens is 2. The molecule has 1 atom stereocenters. The Labute approximate surface area is 186 Å². The van der Waals surface area contributed by atoms with Gasteiger partial charge in [0.25, 0.3) is 0 Å². The molecule has 3 heterocycles. The van der Waals surface area contributed by atoms with Crippen molar-refractivity contribution in [3.05, 3.63) is 54.2 Å². The van der Waals surface area contributed by atoms with E-state index in [4.69, 9.17) is 4.74 Å². The van der Waals surface area contributed by atoms with Gasteiger partial charge in [-0.3, -0.25) is 9.71 Å². The summed E-state index contributed by atoms with van der Waals surface area (Å²) in [5.74, 6) is -1.15. The summed E-state index contributed by atoms with van der Waals surface area (Å²) in [4.78, 5) is 8.32. The van der Waals surface area contributed by atoms with Gasteiger partial charge >= 0.3 is 10.2 Å². The van der Waals surface area contributed by atoms with E-state index >= 15 is 0 Å². The quantitative estimate of drug-likeness (QED) is 0.474. The molecule has 2 aromatic carbocycles. The molecule has 0 amide bonds. The lowest BCUT2D eigenvalue weighted by Gasteiger charge is -2.18. The molecule has 13 heteroatoms. The van der Waals surface area contributed by atoms with Crippen LogP contribution in [0.2, 0.25) is 0 Å². The minimum Gasteiger partial charge on any atom is -0.453 e. The molecule has 0 unspecified atom stereocenters. The highest BCUT2D eigenvalue weighted by atomic mass is 32.2. The topological polar surface area (TPSA) is 126 Å². The first-order valence-electron chi connectivity index (χ1n) is 9.76. The van der Waals surface area contributed by atoms with E-state index < -0.39 is 27.9 Å². The second-order valence-corrected chi connectivity index (χ2v) is 8.97. The molecule has 0 aliphatic carbocycles. The first-order chi connectivity index (χ1) is 15.9. The molecular formula is C20H15F2N7O3S. The number of nitrogens with zero attached hydrogens (tertiary/aromatic N) is 6. The van der Waals surface area contributed by atoms with Crippen LogP contribution in [-0.2, 0) is 10.2 Å². The van der Waals surface area contributed by atoms with Crippen LogP contribution in [0.15, 0.2) is 42.9 Å². The van der Waals surface area contributed by atoms with Gasteiger partial charge in [0, 0.05) is 19.2 Å². The predicted molar refractivity (Wildman–Crippen MR) is 113 cm³/mol. The summed E-state index contributed by atoms with van der Waals surface area (Å²) < 4.78 is 63.7. The Balaban J connectivity index is 1.52. The van der Waals surface area contributed by atoms with Crippen molar-refractivity contribution < 1.29 is 21.9 Å². The second-order valence-electron chi connectivity index (χ2n) is 7.30. The summed E-state index contributed by atoms with van der Waals surface area (Å²) in [7, 11) is -4.14. The third-order valence-corrected chi connectivity index (χ3v) is 6.67. The highest BCUT2D eigenvalue weighted by Crippen LogP contribution is 2.35. The van der Waals surface area contributed by atoms with Gasteiger partial charge in [-0.25, -0.2) is 18.3 Å². The molecule has 1 N–H and O–H groups in total. The van der Waals surface area contributed by atoms with Gasteiger partial charge in [0.05, 0.1) is 22.9 Å². The van der Waals surface area contributed by atoms with Crippen molar-refractivity contribution in [1.29, 1.82) is 5.26 Å². The lowest BCUT2D eigenvalue weighted by molar-refractivity contribution is 0.343. The van der Waals surface area contributed by atoms with Gasteiger partial charge in [-0.05, 0) is 30.7 Å². The van der Waals surface area contributed by atoms with E-state index in [1.165, 1.54) is 16.9 Å². The largest absolute Gasteiger partial charge is 0.453 e. The number of benzene rings is 2. The highest BCUT2D eigenvalue weighted by molar-refractivity contribution is 7.90. The van der Waals surface area contributed by atoms with E-state index in [9.17, 15) is 22.5 Å². The molecule has 1 aliphatic heterocycles. The minimum absolute atomic E-state index is 0.00478. The van der Waals surface area contributed by atoms with Crippen LogP contribution in [0, 0.1) is 17.1 Å². The molecule has 0 saturated carbocycles. The van der Waals surface area contributed by atoms with Gasteiger partial charge < -0.3 is 4.74 Å². The summed E-state index contributed by atoms with van der Waals surface area (Å²) >= 11 is 0. The number of rotatable bonds is 5. The minimum atomic E-state index is -4.14. The van der Waals surface area contributed by atoms with Crippen LogP contribution in [0.3, 0.4) is 0 Å². The number of hydrogen-bond acceptors (Lipinski definition) is 7. The molecule has 0 radical (unpaired) electrons. The molecule has 0 spiro atoms.